The van der Waals surface area contributed by atoms with Crippen LogP contribution in [0.1, 0.15) is 82.9 Å². The van der Waals surface area contributed by atoms with Crippen molar-refractivity contribution in [3.05, 3.63) is 108 Å². The monoisotopic (exact) mass is 744 g/mol. The van der Waals surface area contributed by atoms with Gasteiger partial charge in [0, 0.05) is 36.5 Å². The van der Waals surface area contributed by atoms with Gasteiger partial charge in [-0.3, -0.25) is 14.6 Å². The van der Waals surface area contributed by atoms with Crippen LogP contribution in [0.3, 0.4) is 0 Å². The second kappa shape index (κ2) is 14.3. The molecule has 0 aliphatic carbocycles. The number of nitrogens with two attached hydrogens (primary N) is 1. The fourth-order valence-electron chi connectivity index (χ4n) is 9.43. The standard InChI is InChI=1S/C48H52N6O2/c1-6-30-21-43(54(26-30)48(56)44(49)31-10-8-7-9-11-31)46-51-40-19-15-35-23-33(13-17-37(35)45(40)52-46)32-12-16-36-34(22-32)14-18-39-38(36)24-41(50-39)42-20-28(4)25-53(42)47(55)29(5)27(2)3/h7-19,22-23,27-30,42-44H,6,20-21,24-26,49H2,1-5H3,(H,51,52)/t28-,29-,30-,42-,43-,44+/m0/s1. The molecule has 6 aromatic rings. The van der Waals surface area contributed by atoms with Crippen molar-refractivity contribution >= 4 is 55.8 Å². The van der Waals surface area contributed by atoms with Crippen LogP contribution < -0.4 is 5.73 Å². The van der Waals surface area contributed by atoms with Gasteiger partial charge >= 0.3 is 0 Å². The molecule has 3 aliphatic heterocycles. The Morgan fingerprint density at radius 1 is 0.821 bits per heavy atom. The maximum Gasteiger partial charge on any atom is 0.244 e. The van der Waals surface area contributed by atoms with E-state index in [1.807, 2.05) is 35.2 Å². The zero-order valence-corrected chi connectivity index (χ0v) is 33.1. The number of aromatic nitrogens is 2. The quantitative estimate of drug-likeness (QED) is 0.162. The summed E-state index contributed by atoms with van der Waals surface area (Å²) in [4.78, 5) is 45.3. The molecule has 0 spiro atoms. The maximum absolute atomic E-state index is 13.8. The van der Waals surface area contributed by atoms with Gasteiger partial charge in [0.1, 0.15) is 11.9 Å². The number of carbonyl (C=O) groups is 2. The molecular formula is C48H52N6O2. The van der Waals surface area contributed by atoms with Crippen LogP contribution in [-0.4, -0.2) is 56.4 Å². The van der Waals surface area contributed by atoms with Gasteiger partial charge in [0.05, 0.1) is 28.8 Å². The Kier molecular flexibility index (Phi) is 9.28. The van der Waals surface area contributed by atoms with Crippen molar-refractivity contribution in [2.24, 2.45) is 34.4 Å². The third-order valence-electron chi connectivity index (χ3n) is 13.1. The van der Waals surface area contributed by atoms with E-state index in [0.717, 1.165) is 87.9 Å². The molecule has 2 amide bonds. The number of likely N-dealkylation sites (tertiary alicyclic amines) is 2. The summed E-state index contributed by atoms with van der Waals surface area (Å²) in [7, 11) is 0. The van der Waals surface area contributed by atoms with E-state index in [4.69, 9.17) is 15.7 Å². The normalized spacial score (nSPS) is 22.0. The van der Waals surface area contributed by atoms with Crippen LogP contribution in [0.15, 0.2) is 96.0 Å². The SMILES string of the molecule is CC[C@H]1C[C@@H](c2nc3c(ccc4cc(-c5ccc6c7c(ccc6c5)N=C([C@@H]5C[C@H](C)CN5C(=O)[C@@H](C)C(C)C)C7)ccc43)[nH]2)N(C(=O)[C@H](N)c2ccccc2)C1. The first-order valence-corrected chi connectivity index (χ1v) is 20.5. The Balaban J connectivity index is 0.973. The van der Waals surface area contributed by atoms with E-state index < -0.39 is 6.04 Å². The molecule has 4 heterocycles. The number of imidazole rings is 1. The molecule has 3 N–H and O–H groups in total. The molecule has 3 aliphatic rings. The molecule has 5 aromatic carbocycles. The van der Waals surface area contributed by atoms with Crippen molar-refractivity contribution in [1.82, 2.24) is 19.8 Å². The van der Waals surface area contributed by atoms with Gasteiger partial charge in [-0.25, -0.2) is 4.98 Å². The Bertz CT molecular complexity index is 2520. The van der Waals surface area contributed by atoms with Gasteiger partial charge in [-0.2, -0.15) is 0 Å². The summed E-state index contributed by atoms with van der Waals surface area (Å²) in [6, 6.07) is 30.8. The molecule has 6 atom stereocenters. The van der Waals surface area contributed by atoms with E-state index in [-0.39, 0.29) is 29.8 Å². The first-order chi connectivity index (χ1) is 27.1. The highest BCUT2D eigenvalue weighted by Gasteiger charge is 2.41. The number of hydrogen-bond donors (Lipinski definition) is 2. The summed E-state index contributed by atoms with van der Waals surface area (Å²) in [6.45, 7) is 12.3. The molecule has 0 radical (unpaired) electrons. The van der Waals surface area contributed by atoms with Crippen molar-refractivity contribution in [2.45, 2.75) is 78.4 Å². The molecule has 9 rings (SSSR count). The van der Waals surface area contributed by atoms with Crippen molar-refractivity contribution in [3.63, 3.8) is 0 Å². The van der Waals surface area contributed by atoms with Crippen LogP contribution in [0.5, 0.6) is 0 Å². The minimum Gasteiger partial charge on any atom is -0.340 e. The lowest BCUT2D eigenvalue weighted by Crippen LogP contribution is -2.44. The van der Waals surface area contributed by atoms with Gasteiger partial charge in [-0.15, -0.1) is 0 Å². The summed E-state index contributed by atoms with van der Waals surface area (Å²) in [5.41, 5.74) is 15.0. The number of aromatic amines is 1. The lowest BCUT2D eigenvalue weighted by atomic mass is 9.93. The summed E-state index contributed by atoms with van der Waals surface area (Å²) >= 11 is 0. The molecule has 8 heteroatoms. The minimum atomic E-state index is -0.707. The van der Waals surface area contributed by atoms with Gasteiger partial charge in [-0.1, -0.05) is 108 Å². The van der Waals surface area contributed by atoms with Crippen LogP contribution in [-0.2, 0) is 16.0 Å². The van der Waals surface area contributed by atoms with Crippen molar-refractivity contribution < 1.29 is 9.59 Å². The summed E-state index contributed by atoms with van der Waals surface area (Å²) in [5.74, 6) is 2.20. The molecule has 56 heavy (non-hydrogen) atoms. The smallest absolute Gasteiger partial charge is 0.244 e. The highest BCUT2D eigenvalue weighted by Crippen LogP contribution is 2.41. The second-order valence-electron chi connectivity index (χ2n) is 17.1. The minimum absolute atomic E-state index is 0.00288. The average Bonchev–Trinajstić information content (AvgIpc) is 4.03. The molecule has 0 unspecified atom stereocenters. The van der Waals surface area contributed by atoms with Gasteiger partial charge in [0.2, 0.25) is 11.8 Å². The number of H-pyrrole nitrogens is 1. The van der Waals surface area contributed by atoms with Crippen LogP contribution in [0.2, 0.25) is 0 Å². The van der Waals surface area contributed by atoms with E-state index in [9.17, 15) is 9.59 Å². The third-order valence-corrected chi connectivity index (χ3v) is 13.1. The molecule has 2 saturated heterocycles. The highest BCUT2D eigenvalue weighted by molar-refractivity contribution is 6.07. The van der Waals surface area contributed by atoms with Crippen LogP contribution in [0, 0.1) is 23.7 Å². The molecule has 286 valence electrons. The number of rotatable bonds is 8. The summed E-state index contributed by atoms with van der Waals surface area (Å²) < 4.78 is 0. The second-order valence-corrected chi connectivity index (χ2v) is 17.1. The number of amides is 2. The average molecular weight is 745 g/mol. The molecule has 8 nitrogen and oxygen atoms in total. The van der Waals surface area contributed by atoms with E-state index >= 15 is 0 Å². The number of carbonyl (C=O) groups excluding carboxylic acids is 2. The molecule has 0 saturated carbocycles. The Morgan fingerprint density at radius 3 is 2.25 bits per heavy atom. The number of benzene rings is 5. The van der Waals surface area contributed by atoms with E-state index in [1.165, 1.54) is 16.3 Å². The highest BCUT2D eigenvalue weighted by atomic mass is 16.2. The van der Waals surface area contributed by atoms with Gasteiger partial charge in [0.15, 0.2) is 0 Å². The Labute approximate surface area is 329 Å². The number of hydrogen-bond acceptors (Lipinski definition) is 5. The van der Waals surface area contributed by atoms with Crippen molar-refractivity contribution in [1.29, 1.82) is 0 Å². The fourth-order valence-corrected chi connectivity index (χ4v) is 9.43. The molecule has 2 fully saturated rings. The summed E-state index contributed by atoms with van der Waals surface area (Å²) in [6.07, 6.45) is 3.62. The third kappa shape index (κ3) is 6.28. The number of aliphatic imine (C=N–C) groups is 1. The Hall–Kier alpha value is -5.34. The van der Waals surface area contributed by atoms with E-state index in [0.29, 0.717) is 24.3 Å². The topological polar surface area (TPSA) is 108 Å². The predicted molar refractivity (Wildman–Crippen MR) is 227 cm³/mol. The molecule has 0 bridgehead atoms. The van der Waals surface area contributed by atoms with E-state index in [1.54, 1.807) is 0 Å². The van der Waals surface area contributed by atoms with Gasteiger partial charge in [-0.05, 0) is 93.3 Å². The van der Waals surface area contributed by atoms with Gasteiger partial charge in [0.25, 0.3) is 0 Å². The first kappa shape index (κ1) is 36.3. The van der Waals surface area contributed by atoms with Crippen molar-refractivity contribution in [2.75, 3.05) is 13.1 Å². The summed E-state index contributed by atoms with van der Waals surface area (Å²) in [5, 5.41) is 4.62. The Morgan fingerprint density at radius 2 is 1.52 bits per heavy atom. The van der Waals surface area contributed by atoms with Gasteiger partial charge < -0.3 is 20.5 Å². The zero-order valence-electron chi connectivity index (χ0n) is 33.1. The maximum atomic E-state index is 13.8. The fraction of sp³-hybridized carbons (Fsp3) is 0.375. The lowest BCUT2D eigenvalue weighted by Gasteiger charge is -2.29. The predicted octanol–water partition coefficient (Wildman–Crippen LogP) is 9.69. The van der Waals surface area contributed by atoms with E-state index in [2.05, 4.69) is 105 Å². The van der Waals surface area contributed by atoms with Crippen molar-refractivity contribution in [3.8, 4) is 11.1 Å². The molecular weight excluding hydrogens is 693 g/mol. The number of nitrogens with zero attached hydrogens (tertiary/aromatic N) is 4. The largest absolute Gasteiger partial charge is 0.340 e. The lowest BCUT2D eigenvalue weighted by molar-refractivity contribution is -0.136. The number of fused-ring (bicyclic) bond motifs is 6. The molecule has 1 aromatic heterocycles. The van der Waals surface area contributed by atoms with Crippen LogP contribution in [0.25, 0.3) is 43.7 Å². The van der Waals surface area contributed by atoms with Crippen LogP contribution in [0.4, 0.5) is 5.69 Å². The zero-order chi connectivity index (χ0) is 38.8. The first-order valence-electron chi connectivity index (χ1n) is 20.5. The number of nitrogens with one attached hydrogen (secondary N) is 1. The van der Waals surface area contributed by atoms with Crippen LogP contribution >= 0.6 is 0 Å².